The van der Waals surface area contributed by atoms with E-state index in [2.05, 4.69) is 0 Å². The average Bonchev–Trinajstić information content (AvgIpc) is 2.51. The molecule has 1 atom stereocenters. The van der Waals surface area contributed by atoms with Crippen LogP contribution in [0.5, 0.6) is 5.75 Å². The highest BCUT2D eigenvalue weighted by Gasteiger charge is 2.25. The Bertz CT molecular complexity index is 377. The van der Waals surface area contributed by atoms with Gasteiger partial charge in [0.25, 0.3) is 0 Å². The molecule has 0 aliphatic carbocycles. The molecule has 0 saturated heterocycles. The lowest BCUT2D eigenvalue weighted by Crippen LogP contribution is -2.10. The average molecular weight is 199 g/mol. The number of fused-ring (bicyclic) bond motifs is 1. The van der Waals surface area contributed by atoms with E-state index in [1.165, 1.54) is 0 Å². The third kappa shape index (κ3) is 1.26. The zero-order valence-electron chi connectivity index (χ0n) is 7.81. The van der Waals surface area contributed by atoms with Gasteiger partial charge in [0.1, 0.15) is 5.82 Å². The van der Waals surface area contributed by atoms with Crippen LogP contribution in [0.3, 0.4) is 0 Å². The molecule has 2 nitrogen and oxygen atoms in total. The van der Waals surface area contributed by atoms with E-state index in [9.17, 15) is 8.78 Å². The molecule has 1 unspecified atom stereocenters. The highest BCUT2D eigenvalue weighted by atomic mass is 19.1. The standard InChI is InChI=1S/C10H11F2NO/c1-5(13)9-6-2-3-14-10(6)8(12)4-7(9)11/h4-5H,2-3,13H2,1H3. The van der Waals surface area contributed by atoms with Crippen molar-refractivity contribution in [3.63, 3.8) is 0 Å². The molecule has 0 aromatic heterocycles. The number of nitrogens with two attached hydrogens (primary N) is 1. The molecular formula is C10H11F2NO. The molecule has 14 heavy (non-hydrogen) atoms. The minimum atomic E-state index is -0.639. The van der Waals surface area contributed by atoms with Crippen molar-refractivity contribution in [1.29, 1.82) is 0 Å². The molecule has 4 heteroatoms. The zero-order chi connectivity index (χ0) is 10.3. The molecule has 0 fully saturated rings. The summed E-state index contributed by atoms with van der Waals surface area (Å²) in [5.74, 6) is -1.06. The third-order valence-corrected chi connectivity index (χ3v) is 2.38. The van der Waals surface area contributed by atoms with Crippen LogP contribution in [0.15, 0.2) is 6.07 Å². The Morgan fingerprint density at radius 1 is 1.43 bits per heavy atom. The van der Waals surface area contributed by atoms with E-state index in [0.29, 0.717) is 24.2 Å². The second-order valence-electron chi connectivity index (χ2n) is 3.45. The van der Waals surface area contributed by atoms with E-state index in [1.807, 2.05) is 0 Å². The molecule has 1 aliphatic heterocycles. The predicted octanol–water partition coefficient (Wildman–Crippen LogP) is 1.92. The Hall–Kier alpha value is -1.16. The number of rotatable bonds is 1. The van der Waals surface area contributed by atoms with E-state index < -0.39 is 17.7 Å². The van der Waals surface area contributed by atoms with Gasteiger partial charge in [-0.1, -0.05) is 0 Å². The maximum Gasteiger partial charge on any atom is 0.168 e. The lowest BCUT2D eigenvalue weighted by atomic mass is 9.99. The van der Waals surface area contributed by atoms with Gasteiger partial charge in [-0.2, -0.15) is 0 Å². The van der Waals surface area contributed by atoms with Crippen molar-refractivity contribution < 1.29 is 13.5 Å². The van der Waals surface area contributed by atoms with E-state index in [1.54, 1.807) is 6.92 Å². The molecule has 0 radical (unpaired) electrons. The number of halogens is 2. The second-order valence-corrected chi connectivity index (χ2v) is 3.45. The van der Waals surface area contributed by atoms with Crippen molar-refractivity contribution >= 4 is 0 Å². The van der Waals surface area contributed by atoms with Gasteiger partial charge >= 0.3 is 0 Å². The van der Waals surface area contributed by atoms with Gasteiger partial charge in [-0.15, -0.1) is 0 Å². The van der Waals surface area contributed by atoms with E-state index in [-0.39, 0.29) is 5.75 Å². The second kappa shape index (κ2) is 3.20. The van der Waals surface area contributed by atoms with Gasteiger partial charge in [0.15, 0.2) is 11.6 Å². The van der Waals surface area contributed by atoms with Gasteiger partial charge in [-0.25, -0.2) is 8.78 Å². The molecule has 2 rings (SSSR count). The number of benzene rings is 1. The topological polar surface area (TPSA) is 35.2 Å². The van der Waals surface area contributed by atoms with Crippen LogP contribution in [0.25, 0.3) is 0 Å². The molecule has 1 aliphatic rings. The summed E-state index contributed by atoms with van der Waals surface area (Å²) in [4.78, 5) is 0. The monoisotopic (exact) mass is 199 g/mol. The lowest BCUT2D eigenvalue weighted by Gasteiger charge is -2.12. The third-order valence-electron chi connectivity index (χ3n) is 2.38. The van der Waals surface area contributed by atoms with E-state index in [0.717, 1.165) is 6.07 Å². The first-order chi connectivity index (χ1) is 6.61. The van der Waals surface area contributed by atoms with Gasteiger partial charge in [0, 0.05) is 29.7 Å². The first-order valence-corrected chi connectivity index (χ1v) is 4.50. The molecule has 0 amide bonds. The van der Waals surface area contributed by atoms with Crippen LogP contribution in [0.1, 0.15) is 24.1 Å². The summed E-state index contributed by atoms with van der Waals surface area (Å²) in [6.45, 7) is 2.07. The van der Waals surface area contributed by atoms with Crippen LogP contribution in [0.4, 0.5) is 8.78 Å². The highest BCUT2D eigenvalue weighted by molar-refractivity contribution is 5.46. The Balaban J connectivity index is 2.66. The molecule has 0 bridgehead atoms. The van der Waals surface area contributed by atoms with Gasteiger partial charge < -0.3 is 10.5 Å². The van der Waals surface area contributed by atoms with E-state index >= 15 is 0 Å². The van der Waals surface area contributed by atoms with Crippen molar-refractivity contribution in [2.24, 2.45) is 5.73 Å². The lowest BCUT2D eigenvalue weighted by molar-refractivity contribution is 0.338. The number of ether oxygens (including phenoxy) is 1. The molecule has 76 valence electrons. The van der Waals surface area contributed by atoms with Crippen LogP contribution in [-0.4, -0.2) is 6.61 Å². The summed E-state index contributed by atoms with van der Waals surface area (Å²) in [5, 5.41) is 0. The fourth-order valence-electron chi connectivity index (χ4n) is 1.82. The molecule has 1 aromatic rings. The molecule has 2 N–H and O–H groups in total. The SMILES string of the molecule is CC(N)c1c(F)cc(F)c2c1CCO2. The van der Waals surface area contributed by atoms with Gasteiger partial charge in [0.05, 0.1) is 6.61 Å². The molecular weight excluding hydrogens is 188 g/mol. The summed E-state index contributed by atoms with van der Waals surface area (Å²) >= 11 is 0. The molecule has 1 aromatic carbocycles. The summed E-state index contributed by atoms with van der Waals surface area (Å²) in [6, 6.07) is 0.397. The van der Waals surface area contributed by atoms with Gasteiger partial charge in [0.2, 0.25) is 0 Å². The number of hydrogen-bond donors (Lipinski definition) is 1. The normalized spacial score (nSPS) is 16.3. The van der Waals surface area contributed by atoms with E-state index in [4.69, 9.17) is 10.5 Å². The van der Waals surface area contributed by atoms with Crippen LogP contribution in [-0.2, 0) is 6.42 Å². The Morgan fingerprint density at radius 2 is 2.14 bits per heavy atom. The van der Waals surface area contributed by atoms with Crippen LogP contribution < -0.4 is 10.5 Å². The Labute approximate surface area is 80.7 Å². The Morgan fingerprint density at radius 3 is 2.79 bits per heavy atom. The summed E-state index contributed by atoms with van der Waals surface area (Å²) < 4.78 is 31.6. The molecule has 1 heterocycles. The Kier molecular flexibility index (Phi) is 2.15. The van der Waals surface area contributed by atoms with Crippen molar-refractivity contribution in [2.75, 3.05) is 6.61 Å². The first kappa shape index (κ1) is 9.40. The number of hydrogen-bond acceptors (Lipinski definition) is 2. The van der Waals surface area contributed by atoms with Gasteiger partial charge in [-0.3, -0.25) is 0 Å². The van der Waals surface area contributed by atoms with Crippen molar-refractivity contribution in [1.82, 2.24) is 0 Å². The quantitative estimate of drug-likeness (QED) is 0.749. The molecule has 0 spiro atoms. The summed E-state index contributed by atoms with van der Waals surface area (Å²) in [6.07, 6.45) is 0.529. The maximum absolute atomic E-state index is 13.4. The fraction of sp³-hybridized carbons (Fsp3) is 0.400. The maximum atomic E-state index is 13.4. The minimum absolute atomic E-state index is 0.165. The van der Waals surface area contributed by atoms with Crippen molar-refractivity contribution in [3.8, 4) is 5.75 Å². The largest absolute Gasteiger partial charge is 0.490 e. The van der Waals surface area contributed by atoms with Gasteiger partial charge in [-0.05, 0) is 6.92 Å². The van der Waals surface area contributed by atoms with Crippen molar-refractivity contribution in [3.05, 3.63) is 28.8 Å². The summed E-state index contributed by atoms with van der Waals surface area (Å²) in [5.41, 5.74) is 6.57. The zero-order valence-corrected chi connectivity index (χ0v) is 7.81. The highest BCUT2D eigenvalue weighted by Crippen LogP contribution is 2.35. The van der Waals surface area contributed by atoms with Crippen molar-refractivity contribution in [2.45, 2.75) is 19.4 Å². The summed E-state index contributed by atoms with van der Waals surface area (Å²) in [7, 11) is 0. The van der Waals surface area contributed by atoms with Crippen LogP contribution in [0.2, 0.25) is 0 Å². The smallest absolute Gasteiger partial charge is 0.168 e. The first-order valence-electron chi connectivity index (χ1n) is 4.50. The predicted molar refractivity (Wildman–Crippen MR) is 48.2 cm³/mol. The fourth-order valence-corrected chi connectivity index (χ4v) is 1.82. The van der Waals surface area contributed by atoms with Crippen LogP contribution >= 0.6 is 0 Å². The molecule has 0 saturated carbocycles. The minimum Gasteiger partial charge on any atom is -0.490 e. The van der Waals surface area contributed by atoms with Crippen LogP contribution in [0, 0.1) is 11.6 Å².